The highest BCUT2D eigenvalue weighted by atomic mass is 32.2. The molecule has 2 N–H and O–H groups in total. The average Bonchev–Trinajstić information content (AvgIpc) is 2.75. The number of methoxy groups -OCH3 is 3. The fourth-order valence-corrected chi connectivity index (χ4v) is 3.61. The van der Waals surface area contributed by atoms with Crippen LogP contribution in [0.2, 0.25) is 0 Å². The lowest BCUT2D eigenvalue weighted by molar-refractivity contribution is -0.111. The van der Waals surface area contributed by atoms with Gasteiger partial charge >= 0.3 is 0 Å². The molecule has 0 aliphatic carbocycles. The SMILES string of the molecule is COCCCNS(=O)(=O)c1ccc(NC(=O)/C=C/c2ccc(OC)c(OC)c2)cc1. The van der Waals surface area contributed by atoms with Crippen LogP contribution in [0, 0.1) is 0 Å². The summed E-state index contributed by atoms with van der Waals surface area (Å²) >= 11 is 0. The molecule has 0 bridgehead atoms. The van der Waals surface area contributed by atoms with Crippen molar-refractivity contribution in [2.75, 3.05) is 39.8 Å². The first-order valence-corrected chi connectivity index (χ1v) is 10.7. The van der Waals surface area contributed by atoms with E-state index in [1.807, 2.05) is 0 Å². The quantitative estimate of drug-likeness (QED) is 0.416. The van der Waals surface area contributed by atoms with Crippen molar-refractivity contribution in [2.24, 2.45) is 0 Å². The summed E-state index contributed by atoms with van der Waals surface area (Å²) in [6.45, 7) is 0.764. The molecule has 0 unspecified atom stereocenters. The molecule has 0 aliphatic heterocycles. The lowest BCUT2D eigenvalue weighted by atomic mass is 10.2. The molecule has 8 nitrogen and oxygen atoms in total. The van der Waals surface area contributed by atoms with Crippen molar-refractivity contribution in [1.82, 2.24) is 4.72 Å². The molecule has 9 heteroatoms. The van der Waals surface area contributed by atoms with E-state index in [2.05, 4.69) is 10.0 Å². The Labute approximate surface area is 176 Å². The third kappa shape index (κ3) is 6.87. The van der Waals surface area contributed by atoms with Crippen molar-refractivity contribution in [1.29, 1.82) is 0 Å². The molecular weight excluding hydrogens is 408 g/mol. The number of sulfonamides is 1. The number of hydrogen-bond acceptors (Lipinski definition) is 6. The van der Waals surface area contributed by atoms with Gasteiger partial charge in [-0.2, -0.15) is 0 Å². The van der Waals surface area contributed by atoms with Gasteiger partial charge in [0.25, 0.3) is 0 Å². The summed E-state index contributed by atoms with van der Waals surface area (Å²) in [7, 11) is 1.05. The van der Waals surface area contributed by atoms with Gasteiger partial charge in [-0.1, -0.05) is 6.07 Å². The van der Waals surface area contributed by atoms with Crippen LogP contribution in [-0.2, 0) is 19.6 Å². The second kappa shape index (κ2) is 11.3. The van der Waals surface area contributed by atoms with E-state index in [1.54, 1.807) is 38.5 Å². The van der Waals surface area contributed by atoms with Crippen molar-refractivity contribution >= 4 is 27.7 Å². The van der Waals surface area contributed by atoms with Crippen LogP contribution >= 0.6 is 0 Å². The monoisotopic (exact) mass is 434 g/mol. The van der Waals surface area contributed by atoms with Crippen LogP contribution in [0.25, 0.3) is 6.08 Å². The first-order chi connectivity index (χ1) is 14.4. The third-order valence-corrected chi connectivity index (χ3v) is 5.56. The van der Waals surface area contributed by atoms with Crippen molar-refractivity contribution < 1.29 is 27.4 Å². The average molecular weight is 435 g/mol. The molecule has 0 saturated heterocycles. The number of hydrogen-bond donors (Lipinski definition) is 2. The second-order valence-electron chi connectivity index (χ2n) is 6.21. The largest absolute Gasteiger partial charge is 0.493 e. The summed E-state index contributed by atoms with van der Waals surface area (Å²) in [6, 6.07) is 11.2. The first kappa shape index (κ1) is 23.4. The Bertz CT molecular complexity index is 971. The predicted molar refractivity (Wildman–Crippen MR) is 115 cm³/mol. The molecule has 0 saturated carbocycles. The summed E-state index contributed by atoms with van der Waals surface area (Å²) in [6.07, 6.45) is 3.60. The Hall–Kier alpha value is -2.88. The second-order valence-corrected chi connectivity index (χ2v) is 7.97. The van der Waals surface area contributed by atoms with E-state index in [9.17, 15) is 13.2 Å². The Morgan fingerprint density at radius 1 is 1.00 bits per heavy atom. The number of anilines is 1. The van der Waals surface area contributed by atoms with Crippen LogP contribution in [-0.4, -0.2) is 48.8 Å². The summed E-state index contributed by atoms with van der Waals surface area (Å²) in [4.78, 5) is 12.3. The van der Waals surface area contributed by atoms with Crippen molar-refractivity contribution in [2.45, 2.75) is 11.3 Å². The molecule has 0 fully saturated rings. The first-order valence-electron chi connectivity index (χ1n) is 9.19. The molecule has 0 aliphatic rings. The minimum absolute atomic E-state index is 0.124. The number of carbonyl (C=O) groups is 1. The molecule has 30 heavy (non-hydrogen) atoms. The fourth-order valence-electron chi connectivity index (χ4n) is 2.54. The smallest absolute Gasteiger partial charge is 0.248 e. The number of rotatable bonds is 11. The molecule has 2 aromatic rings. The zero-order valence-electron chi connectivity index (χ0n) is 17.2. The zero-order chi connectivity index (χ0) is 22.0. The number of amides is 1. The van der Waals surface area contributed by atoms with E-state index in [0.29, 0.717) is 30.2 Å². The highest BCUT2D eigenvalue weighted by molar-refractivity contribution is 7.89. The Balaban J connectivity index is 1.96. The standard InChI is InChI=1S/C21H26N2O6S/c1-27-14-4-13-22-30(25,26)18-9-7-17(8-10-18)23-21(24)12-6-16-5-11-19(28-2)20(15-16)29-3/h5-12,15,22H,4,13-14H2,1-3H3,(H,23,24)/b12-6+. The van der Waals surface area contributed by atoms with Crippen LogP contribution in [0.4, 0.5) is 5.69 Å². The van der Waals surface area contributed by atoms with E-state index in [4.69, 9.17) is 14.2 Å². The van der Waals surface area contributed by atoms with Crippen molar-refractivity contribution in [3.63, 3.8) is 0 Å². The van der Waals surface area contributed by atoms with Gasteiger partial charge in [0.05, 0.1) is 19.1 Å². The van der Waals surface area contributed by atoms with Gasteiger partial charge in [0, 0.05) is 32.0 Å². The van der Waals surface area contributed by atoms with E-state index in [-0.39, 0.29) is 17.3 Å². The molecule has 0 aromatic heterocycles. The highest BCUT2D eigenvalue weighted by Crippen LogP contribution is 2.28. The topological polar surface area (TPSA) is 103 Å². The van der Waals surface area contributed by atoms with Gasteiger partial charge < -0.3 is 19.5 Å². The summed E-state index contributed by atoms with van der Waals surface area (Å²) in [5.41, 5.74) is 1.25. The predicted octanol–water partition coefficient (Wildman–Crippen LogP) is 2.67. The molecule has 0 spiro atoms. The van der Waals surface area contributed by atoms with Crippen LogP contribution in [0.1, 0.15) is 12.0 Å². The lowest BCUT2D eigenvalue weighted by Gasteiger charge is -2.08. The molecule has 2 rings (SSSR count). The molecule has 0 heterocycles. The Kier molecular flexibility index (Phi) is 8.85. The zero-order valence-corrected chi connectivity index (χ0v) is 18.0. The summed E-state index contributed by atoms with van der Waals surface area (Å²) < 4.78 is 42.2. The lowest BCUT2D eigenvalue weighted by Crippen LogP contribution is -2.25. The van der Waals surface area contributed by atoms with E-state index < -0.39 is 10.0 Å². The molecule has 1 amide bonds. The maximum atomic E-state index is 12.2. The van der Waals surface area contributed by atoms with Crippen LogP contribution in [0.5, 0.6) is 11.5 Å². The number of nitrogens with one attached hydrogen (secondary N) is 2. The van der Waals surface area contributed by atoms with Gasteiger partial charge in [-0.05, 0) is 54.5 Å². The summed E-state index contributed by atoms with van der Waals surface area (Å²) in [5, 5.41) is 2.69. The van der Waals surface area contributed by atoms with Crippen molar-refractivity contribution in [3.8, 4) is 11.5 Å². The van der Waals surface area contributed by atoms with Gasteiger partial charge in [-0.15, -0.1) is 0 Å². The maximum Gasteiger partial charge on any atom is 0.248 e. The maximum absolute atomic E-state index is 12.2. The van der Waals surface area contributed by atoms with E-state index in [0.717, 1.165) is 5.56 Å². The van der Waals surface area contributed by atoms with Crippen LogP contribution < -0.4 is 19.5 Å². The molecule has 0 radical (unpaired) electrons. The van der Waals surface area contributed by atoms with E-state index in [1.165, 1.54) is 37.5 Å². The highest BCUT2D eigenvalue weighted by Gasteiger charge is 2.13. The number of benzene rings is 2. The van der Waals surface area contributed by atoms with Gasteiger partial charge in [0.1, 0.15) is 0 Å². The molecule has 2 aromatic carbocycles. The van der Waals surface area contributed by atoms with E-state index >= 15 is 0 Å². The van der Waals surface area contributed by atoms with Gasteiger partial charge in [-0.3, -0.25) is 4.79 Å². The minimum atomic E-state index is -3.60. The van der Waals surface area contributed by atoms with Crippen LogP contribution in [0.15, 0.2) is 53.4 Å². The van der Waals surface area contributed by atoms with Gasteiger partial charge in [0.2, 0.25) is 15.9 Å². The van der Waals surface area contributed by atoms with Gasteiger partial charge in [-0.25, -0.2) is 13.1 Å². The van der Waals surface area contributed by atoms with Crippen molar-refractivity contribution in [3.05, 3.63) is 54.1 Å². The normalized spacial score (nSPS) is 11.4. The number of ether oxygens (including phenoxy) is 3. The minimum Gasteiger partial charge on any atom is -0.493 e. The fraction of sp³-hybridized carbons (Fsp3) is 0.286. The third-order valence-electron chi connectivity index (χ3n) is 4.08. The molecular formula is C21H26N2O6S. The number of carbonyl (C=O) groups excluding carboxylic acids is 1. The van der Waals surface area contributed by atoms with Gasteiger partial charge in [0.15, 0.2) is 11.5 Å². The Morgan fingerprint density at radius 3 is 2.33 bits per heavy atom. The van der Waals surface area contributed by atoms with Crippen LogP contribution in [0.3, 0.4) is 0 Å². The summed E-state index contributed by atoms with van der Waals surface area (Å²) in [5.74, 6) is 0.813. The Morgan fingerprint density at radius 2 is 1.70 bits per heavy atom. The molecule has 0 atom stereocenters. The molecule has 162 valence electrons.